The maximum atomic E-state index is 12.1. The van der Waals surface area contributed by atoms with Crippen molar-refractivity contribution in [2.75, 3.05) is 39.5 Å². The van der Waals surface area contributed by atoms with E-state index in [4.69, 9.17) is 9.47 Å². The summed E-state index contributed by atoms with van der Waals surface area (Å²) in [6.45, 7) is 11.8. The first-order chi connectivity index (χ1) is 12.0. The molecule has 6 heteroatoms. The molecule has 1 fully saturated rings. The zero-order valence-corrected chi connectivity index (χ0v) is 15.5. The number of piperazine rings is 1. The molecule has 0 aromatic heterocycles. The summed E-state index contributed by atoms with van der Waals surface area (Å²) in [5.41, 5.74) is 1.24. The van der Waals surface area contributed by atoms with Crippen LogP contribution in [0.5, 0.6) is 11.5 Å². The van der Waals surface area contributed by atoms with E-state index in [0.717, 1.165) is 44.2 Å². The Balaban J connectivity index is 1.42. The van der Waals surface area contributed by atoms with E-state index in [2.05, 4.69) is 48.0 Å². The molecule has 1 aromatic carbocycles. The zero-order valence-electron chi connectivity index (χ0n) is 15.5. The Bertz CT molecular complexity index is 598. The minimum atomic E-state index is 0.130. The van der Waals surface area contributed by atoms with E-state index in [-0.39, 0.29) is 11.9 Å². The molecule has 2 heterocycles. The number of carbonyl (C=O) groups is 1. The predicted molar refractivity (Wildman–Crippen MR) is 96.7 cm³/mol. The molecule has 1 aromatic rings. The standard InChI is InChI=1S/C19H29N3O3/c1-14(2)15(3)20-19(23)12-22-8-6-21(7-9-22)11-16-4-5-17-18(10-16)25-13-24-17/h4-5,10,14-15H,6-9,11-13H2,1-3H3,(H,20,23). The minimum absolute atomic E-state index is 0.130. The first-order valence-corrected chi connectivity index (χ1v) is 9.14. The average Bonchev–Trinajstić information content (AvgIpc) is 3.04. The van der Waals surface area contributed by atoms with Crippen molar-refractivity contribution in [1.82, 2.24) is 15.1 Å². The quantitative estimate of drug-likeness (QED) is 0.849. The van der Waals surface area contributed by atoms with Gasteiger partial charge < -0.3 is 14.8 Å². The molecule has 6 nitrogen and oxygen atoms in total. The number of nitrogens with zero attached hydrogens (tertiary/aromatic N) is 2. The molecule has 1 amide bonds. The largest absolute Gasteiger partial charge is 0.454 e. The van der Waals surface area contributed by atoms with Gasteiger partial charge in [0.1, 0.15) is 0 Å². The lowest BCUT2D eigenvalue weighted by Crippen LogP contribution is -2.50. The summed E-state index contributed by atoms with van der Waals surface area (Å²) in [7, 11) is 0. The van der Waals surface area contributed by atoms with E-state index in [9.17, 15) is 4.79 Å². The van der Waals surface area contributed by atoms with Crippen molar-refractivity contribution in [3.8, 4) is 11.5 Å². The average molecular weight is 347 g/mol. The van der Waals surface area contributed by atoms with Gasteiger partial charge in [0.05, 0.1) is 6.54 Å². The topological polar surface area (TPSA) is 54.0 Å². The second kappa shape index (κ2) is 8.06. The summed E-state index contributed by atoms with van der Waals surface area (Å²) in [4.78, 5) is 16.8. The monoisotopic (exact) mass is 347 g/mol. The van der Waals surface area contributed by atoms with E-state index in [1.54, 1.807) is 0 Å². The molecule has 2 aliphatic heterocycles. The van der Waals surface area contributed by atoms with Gasteiger partial charge in [-0.2, -0.15) is 0 Å². The number of amides is 1. The smallest absolute Gasteiger partial charge is 0.234 e. The number of hydrogen-bond donors (Lipinski definition) is 1. The highest BCUT2D eigenvalue weighted by Crippen LogP contribution is 2.32. The number of rotatable bonds is 6. The van der Waals surface area contributed by atoms with Gasteiger partial charge in [-0.3, -0.25) is 14.6 Å². The highest BCUT2D eigenvalue weighted by molar-refractivity contribution is 5.78. The third kappa shape index (κ3) is 4.86. The van der Waals surface area contributed by atoms with Gasteiger partial charge in [-0.15, -0.1) is 0 Å². The summed E-state index contributed by atoms with van der Waals surface area (Å²) >= 11 is 0. The van der Waals surface area contributed by atoms with Crippen molar-refractivity contribution in [2.45, 2.75) is 33.4 Å². The van der Waals surface area contributed by atoms with Crippen LogP contribution in [0.3, 0.4) is 0 Å². The van der Waals surface area contributed by atoms with Gasteiger partial charge in [0.2, 0.25) is 12.7 Å². The van der Waals surface area contributed by atoms with Gasteiger partial charge >= 0.3 is 0 Å². The Hall–Kier alpha value is -1.79. The Labute approximate surface area is 150 Å². The molecular weight excluding hydrogens is 318 g/mol. The maximum absolute atomic E-state index is 12.1. The predicted octanol–water partition coefficient (Wildman–Crippen LogP) is 1.69. The van der Waals surface area contributed by atoms with Crippen LogP contribution in [0.15, 0.2) is 18.2 Å². The number of fused-ring (bicyclic) bond motifs is 1. The van der Waals surface area contributed by atoms with E-state index < -0.39 is 0 Å². The zero-order chi connectivity index (χ0) is 17.8. The van der Waals surface area contributed by atoms with E-state index in [1.807, 2.05) is 6.07 Å². The van der Waals surface area contributed by atoms with Crippen molar-refractivity contribution in [1.29, 1.82) is 0 Å². The summed E-state index contributed by atoms with van der Waals surface area (Å²) in [5.74, 6) is 2.26. The molecule has 0 saturated carbocycles. The molecule has 138 valence electrons. The lowest BCUT2D eigenvalue weighted by atomic mass is 10.1. The first kappa shape index (κ1) is 18.0. The molecule has 25 heavy (non-hydrogen) atoms. The lowest BCUT2D eigenvalue weighted by Gasteiger charge is -2.34. The second-order valence-corrected chi connectivity index (χ2v) is 7.34. The molecular formula is C19H29N3O3. The van der Waals surface area contributed by atoms with E-state index >= 15 is 0 Å². The van der Waals surface area contributed by atoms with Crippen LogP contribution < -0.4 is 14.8 Å². The molecule has 0 radical (unpaired) electrons. The number of carbonyl (C=O) groups excluding carboxylic acids is 1. The Morgan fingerprint density at radius 2 is 1.76 bits per heavy atom. The van der Waals surface area contributed by atoms with Gasteiger partial charge in [-0.25, -0.2) is 0 Å². The van der Waals surface area contributed by atoms with Gasteiger partial charge in [-0.1, -0.05) is 19.9 Å². The SMILES string of the molecule is CC(C)C(C)NC(=O)CN1CCN(Cc2ccc3c(c2)OCO3)CC1. The van der Waals surface area contributed by atoms with Gasteiger partial charge in [0.15, 0.2) is 11.5 Å². The van der Waals surface area contributed by atoms with Crippen molar-refractivity contribution >= 4 is 5.91 Å². The molecule has 2 aliphatic rings. The number of benzene rings is 1. The van der Waals surface area contributed by atoms with Crippen LogP contribution in [-0.2, 0) is 11.3 Å². The summed E-state index contributed by atoms with van der Waals surface area (Å²) in [6, 6.07) is 6.37. The Morgan fingerprint density at radius 1 is 1.08 bits per heavy atom. The second-order valence-electron chi connectivity index (χ2n) is 7.34. The fourth-order valence-corrected chi connectivity index (χ4v) is 3.07. The maximum Gasteiger partial charge on any atom is 0.234 e. The van der Waals surface area contributed by atoms with Gasteiger partial charge in [0, 0.05) is 38.8 Å². The van der Waals surface area contributed by atoms with Crippen molar-refractivity contribution in [3.63, 3.8) is 0 Å². The highest BCUT2D eigenvalue weighted by atomic mass is 16.7. The fraction of sp³-hybridized carbons (Fsp3) is 0.632. The third-order valence-electron chi connectivity index (χ3n) is 5.06. The van der Waals surface area contributed by atoms with E-state index in [0.29, 0.717) is 19.3 Å². The van der Waals surface area contributed by atoms with Gasteiger partial charge in [-0.05, 0) is 30.5 Å². The van der Waals surface area contributed by atoms with Crippen LogP contribution in [0, 0.1) is 5.92 Å². The molecule has 1 saturated heterocycles. The van der Waals surface area contributed by atoms with Crippen LogP contribution in [0.1, 0.15) is 26.3 Å². The van der Waals surface area contributed by atoms with Crippen molar-refractivity contribution in [3.05, 3.63) is 23.8 Å². The van der Waals surface area contributed by atoms with Crippen LogP contribution in [0.2, 0.25) is 0 Å². The number of ether oxygens (including phenoxy) is 2. The number of hydrogen-bond acceptors (Lipinski definition) is 5. The first-order valence-electron chi connectivity index (χ1n) is 9.14. The summed E-state index contributed by atoms with van der Waals surface area (Å²) in [5, 5.41) is 3.08. The van der Waals surface area contributed by atoms with Crippen molar-refractivity contribution in [2.24, 2.45) is 5.92 Å². The van der Waals surface area contributed by atoms with Crippen molar-refractivity contribution < 1.29 is 14.3 Å². The van der Waals surface area contributed by atoms with Crippen LogP contribution in [0.25, 0.3) is 0 Å². The molecule has 1 unspecified atom stereocenters. The molecule has 1 atom stereocenters. The molecule has 0 spiro atoms. The summed E-state index contributed by atoms with van der Waals surface area (Å²) in [6.07, 6.45) is 0. The van der Waals surface area contributed by atoms with Gasteiger partial charge in [0.25, 0.3) is 0 Å². The summed E-state index contributed by atoms with van der Waals surface area (Å²) < 4.78 is 10.8. The van der Waals surface area contributed by atoms with Crippen LogP contribution in [0.4, 0.5) is 0 Å². The Kier molecular flexibility index (Phi) is 5.81. The number of nitrogens with one attached hydrogen (secondary N) is 1. The Morgan fingerprint density at radius 3 is 2.48 bits per heavy atom. The normalized spacial score (nSPS) is 19.2. The fourth-order valence-electron chi connectivity index (χ4n) is 3.07. The van der Waals surface area contributed by atoms with E-state index in [1.165, 1.54) is 5.56 Å². The molecule has 3 rings (SSSR count). The minimum Gasteiger partial charge on any atom is -0.454 e. The lowest BCUT2D eigenvalue weighted by molar-refractivity contribution is -0.123. The van der Waals surface area contributed by atoms with Crippen LogP contribution >= 0.6 is 0 Å². The highest BCUT2D eigenvalue weighted by Gasteiger charge is 2.21. The third-order valence-corrected chi connectivity index (χ3v) is 5.06. The molecule has 0 bridgehead atoms. The van der Waals surface area contributed by atoms with Crippen LogP contribution in [-0.4, -0.2) is 61.3 Å². The molecule has 0 aliphatic carbocycles. The molecule has 1 N–H and O–H groups in total.